The highest BCUT2D eigenvalue weighted by Gasteiger charge is 1.86. The van der Waals surface area contributed by atoms with Crippen molar-refractivity contribution in [2.24, 2.45) is 5.92 Å². The Hall–Kier alpha value is -0.260. The smallest absolute Gasteiger partial charge is 0.0327 e. The average molecular weight is 154 g/mol. The number of hydrogen-bond acceptors (Lipinski definition) is 0. The first kappa shape index (κ1) is 10.7. The minimum atomic E-state index is 0.817. The first-order valence-corrected chi connectivity index (χ1v) is 4.92. The van der Waals surface area contributed by atoms with E-state index in [9.17, 15) is 0 Å². The highest BCUT2D eigenvalue weighted by molar-refractivity contribution is 4.82. The summed E-state index contributed by atoms with van der Waals surface area (Å²) in [4.78, 5) is 0. The van der Waals surface area contributed by atoms with Crippen molar-refractivity contribution in [1.29, 1.82) is 0 Å². The van der Waals surface area contributed by atoms with Crippen LogP contribution in [0.2, 0.25) is 0 Å². The Labute approximate surface area is 71.7 Å². The van der Waals surface area contributed by atoms with Gasteiger partial charge >= 0.3 is 0 Å². The Kier molecular flexibility index (Phi) is 7.66. The second-order valence-electron chi connectivity index (χ2n) is 3.60. The molecule has 66 valence electrons. The van der Waals surface area contributed by atoms with E-state index in [0.717, 1.165) is 5.92 Å². The van der Waals surface area contributed by atoms with Crippen molar-refractivity contribution >= 4 is 0 Å². The zero-order valence-electron chi connectivity index (χ0n) is 8.27. The molecule has 0 spiro atoms. The van der Waals surface area contributed by atoms with Crippen molar-refractivity contribution < 1.29 is 0 Å². The fraction of sp³-hybridized carbons (Fsp3) is 0.818. The van der Waals surface area contributed by atoms with Gasteiger partial charge < -0.3 is 0 Å². The number of unbranched alkanes of at least 4 members (excludes halogenated alkanes) is 3. The van der Waals surface area contributed by atoms with Crippen molar-refractivity contribution in [3.05, 3.63) is 12.2 Å². The zero-order valence-corrected chi connectivity index (χ0v) is 8.27. The highest BCUT2D eigenvalue weighted by Crippen LogP contribution is 2.03. The summed E-state index contributed by atoms with van der Waals surface area (Å²) in [7, 11) is 0. The second-order valence-corrected chi connectivity index (χ2v) is 3.60. The summed E-state index contributed by atoms with van der Waals surface area (Å²) in [6.45, 7) is 6.77. The fourth-order valence-corrected chi connectivity index (χ4v) is 0.998. The lowest BCUT2D eigenvalue weighted by molar-refractivity contribution is 0.659. The van der Waals surface area contributed by atoms with Crippen LogP contribution in [0, 0.1) is 5.92 Å². The molecule has 0 rings (SSSR count). The fourth-order valence-electron chi connectivity index (χ4n) is 0.998. The molecule has 0 aromatic heterocycles. The van der Waals surface area contributed by atoms with Crippen molar-refractivity contribution in [3.63, 3.8) is 0 Å². The van der Waals surface area contributed by atoms with E-state index in [1.54, 1.807) is 0 Å². The molecule has 0 aliphatic heterocycles. The summed E-state index contributed by atoms with van der Waals surface area (Å²) in [6, 6.07) is 0. The molecule has 11 heavy (non-hydrogen) atoms. The van der Waals surface area contributed by atoms with E-state index in [2.05, 4.69) is 32.9 Å². The summed E-state index contributed by atoms with van der Waals surface area (Å²) in [5.74, 6) is 0.817. The van der Waals surface area contributed by atoms with Crippen LogP contribution in [0.3, 0.4) is 0 Å². The van der Waals surface area contributed by atoms with Gasteiger partial charge in [-0.25, -0.2) is 0 Å². The molecule has 0 aliphatic rings. The molecule has 0 nitrogen and oxygen atoms in total. The Morgan fingerprint density at radius 2 is 1.82 bits per heavy atom. The highest BCUT2D eigenvalue weighted by atomic mass is 13.9. The minimum absolute atomic E-state index is 0.817. The maximum Gasteiger partial charge on any atom is -0.0327 e. The van der Waals surface area contributed by atoms with Crippen LogP contribution in [0.5, 0.6) is 0 Å². The van der Waals surface area contributed by atoms with Crippen LogP contribution in [0.15, 0.2) is 12.2 Å². The zero-order chi connectivity index (χ0) is 8.53. The van der Waals surface area contributed by atoms with Gasteiger partial charge in [0.1, 0.15) is 0 Å². The first-order chi connectivity index (χ1) is 5.27. The van der Waals surface area contributed by atoms with Gasteiger partial charge in [-0.15, -0.1) is 0 Å². The van der Waals surface area contributed by atoms with Crippen LogP contribution < -0.4 is 0 Å². The monoisotopic (exact) mass is 154 g/mol. The Balaban J connectivity index is 3.03. The quantitative estimate of drug-likeness (QED) is 0.398. The van der Waals surface area contributed by atoms with Gasteiger partial charge in [0.25, 0.3) is 0 Å². The van der Waals surface area contributed by atoms with E-state index in [1.807, 2.05) is 0 Å². The number of hydrogen-bond donors (Lipinski definition) is 0. The molecule has 0 radical (unpaired) electrons. The molecule has 0 heterocycles. The maximum absolute atomic E-state index is 2.33. The third-order valence-corrected chi connectivity index (χ3v) is 1.75. The third-order valence-electron chi connectivity index (χ3n) is 1.75. The largest absolute Gasteiger partial charge is 0.0885 e. The van der Waals surface area contributed by atoms with Crippen LogP contribution in [0.25, 0.3) is 0 Å². The van der Waals surface area contributed by atoms with Crippen molar-refractivity contribution in [2.45, 2.75) is 52.9 Å². The van der Waals surface area contributed by atoms with Gasteiger partial charge in [-0.05, 0) is 25.2 Å². The first-order valence-electron chi connectivity index (χ1n) is 4.92. The van der Waals surface area contributed by atoms with Crippen molar-refractivity contribution in [2.75, 3.05) is 0 Å². The Morgan fingerprint density at radius 3 is 2.36 bits per heavy atom. The molecule has 0 unspecified atom stereocenters. The molecule has 0 saturated heterocycles. The van der Waals surface area contributed by atoms with Crippen molar-refractivity contribution in [3.8, 4) is 0 Å². The van der Waals surface area contributed by atoms with E-state index < -0.39 is 0 Å². The minimum Gasteiger partial charge on any atom is -0.0885 e. The molecule has 0 aliphatic carbocycles. The van der Waals surface area contributed by atoms with Crippen LogP contribution in [-0.2, 0) is 0 Å². The van der Waals surface area contributed by atoms with Gasteiger partial charge in [-0.1, -0.05) is 45.8 Å². The lowest BCUT2D eigenvalue weighted by Gasteiger charge is -1.96. The normalized spacial score (nSPS) is 11.6. The van der Waals surface area contributed by atoms with E-state index >= 15 is 0 Å². The predicted molar refractivity (Wildman–Crippen MR) is 52.7 cm³/mol. The summed E-state index contributed by atoms with van der Waals surface area (Å²) in [5, 5.41) is 0. The SMILES string of the molecule is CCCCCC=CCC(C)C. The molecule has 0 bridgehead atoms. The van der Waals surface area contributed by atoms with Gasteiger partial charge in [0.15, 0.2) is 0 Å². The summed E-state index contributed by atoms with van der Waals surface area (Å²) in [6.07, 6.45) is 11.2. The molecule has 0 atom stereocenters. The van der Waals surface area contributed by atoms with Gasteiger partial charge in [0.2, 0.25) is 0 Å². The van der Waals surface area contributed by atoms with E-state index in [4.69, 9.17) is 0 Å². The molecular weight excluding hydrogens is 132 g/mol. The lowest BCUT2D eigenvalue weighted by Crippen LogP contribution is -1.81. The summed E-state index contributed by atoms with van der Waals surface area (Å²) < 4.78 is 0. The topological polar surface area (TPSA) is 0 Å². The van der Waals surface area contributed by atoms with Crippen LogP contribution >= 0.6 is 0 Å². The molecule has 0 N–H and O–H groups in total. The molecule has 0 saturated carbocycles. The summed E-state index contributed by atoms with van der Waals surface area (Å²) >= 11 is 0. The molecular formula is C11H22. The number of rotatable bonds is 6. The molecule has 0 heteroatoms. The molecule has 0 aromatic carbocycles. The molecule has 0 fully saturated rings. The molecule has 0 amide bonds. The van der Waals surface area contributed by atoms with E-state index in [-0.39, 0.29) is 0 Å². The molecule has 0 aromatic rings. The van der Waals surface area contributed by atoms with Crippen LogP contribution in [0.1, 0.15) is 52.9 Å². The van der Waals surface area contributed by atoms with Gasteiger partial charge in [0.05, 0.1) is 0 Å². The van der Waals surface area contributed by atoms with Gasteiger partial charge in [-0.3, -0.25) is 0 Å². The standard InChI is InChI=1S/C11H22/c1-4-5-6-7-8-9-10-11(2)3/h8-9,11H,4-7,10H2,1-3H3. The van der Waals surface area contributed by atoms with Crippen molar-refractivity contribution in [1.82, 2.24) is 0 Å². The van der Waals surface area contributed by atoms with E-state index in [0.29, 0.717) is 0 Å². The van der Waals surface area contributed by atoms with Crippen LogP contribution in [0.4, 0.5) is 0 Å². The Morgan fingerprint density at radius 1 is 1.09 bits per heavy atom. The summed E-state index contributed by atoms with van der Waals surface area (Å²) in [5.41, 5.74) is 0. The predicted octanol–water partition coefficient (Wildman–Crippen LogP) is 4.17. The van der Waals surface area contributed by atoms with Gasteiger partial charge in [-0.2, -0.15) is 0 Å². The number of allylic oxidation sites excluding steroid dienone is 2. The maximum atomic E-state index is 2.33. The second kappa shape index (κ2) is 7.84. The van der Waals surface area contributed by atoms with Crippen LogP contribution in [-0.4, -0.2) is 0 Å². The Bertz CT molecular complexity index is 90.2. The van der Waals surface area contributed by atoms with Gasteiger partial charge in [0, 0.05) is 0 Å². The third kappa shape index (κ3) is 9.74. The average Bonchev–Trinajstić information content (AvgIpc) is 1.96. The lowest BCUT2D eigenvalue weighted by atomic mass is 10.1. The van der Waals surface area contributed by atoms with E-state index in [1.165, 1.54) is 32.1 Å².